The van der Waals surface area contributed by atoms with Crippen LogP contribution < -0.4 is 4.74 Å². The van der Waals surface area contributed by atoms with Crippen LogP contribution in [0.4, 0.5) is 0 Å². The van der Waals surface area contributed by atoms with Gasteiger partial charge in [0, 0.05) is 37.1 Å². The number of aryl methyl sites for hydroxylation is 1. The first kappa shape index (κ1) is 17.9. The average Bonchev–Trinajstić information content (AvgIpc) is 2.59. The van der Waals surface area contributed by atoms with Crippen LogP contribution in [0.25, 0.3) is 0 Å². The van der Waals surface area contributed by atoms with Crippen molar-refractivity contribution in [3.63, 3.8) is 0 Å². The highest BCUT2D eigenvalue weighted by Gasteiger charge is 2.22. The van der Waals surface area contributed by atoms with Crippen LogP contribution in [0.5, 0.6) is 5.88 Å². The van der Waals surface area contributed by atoms with Gasteiger partial charge in [0.25, 0.3) is 0 Å². The summed E-state index contributed by atoms with van der Waals surface area (Å²) in [5.41, 5.74) is 0.987. The topological polar surface area (TPSA) is 56.1 Å². The summed E-state index contributed by atoms with van der Waals surface area (Å²) in [7, 11) is 0. The molecule has 7 heteroatoms. The molecule has 1 aliphatic rings. The van der Waals surface area contributed by atoms with E-state index in [-0.39, 0.29) is 6.10 Å². The summed E-state index contributed by atoms with van der Waals surface area (Å²) in [4.78, 5) is 15.3. The van der Waals surface area contributed by atoms with Gasteiger partial charge in [-0.05, 0) is 25.8 Å². The van der Waals surface area contributed by atoms with Crippen LogP contribution in [0.1, 0.15) is 44.1 Å². The monoisotopic (exact) mass is 359 g/mol. The fourth-order valence-corrected chi connectivity index (χ4v) is 3.43. The van der Waals surface area contributed by atoms with E-state index in [0.29, 0.717) is 11.8 Å². The first-order valence-corrected chi connectivity index (χ1v) is 9.17. The second kappa shape index (κ2) is 8.01. The first-order chi connectivity index (χ1) is 12.0. The van der Waals surface area contributed by atoms with Crippen molar-refractivity contribution in [2.24, 2.45) is 0 Å². The number of likely N-dealkylation sites (tertiary alicyclic amines) is 1. The quantitative estimate of drug-likeness (QED) is 0.763. The van der Waals surface area contributed by atoms with E-state index in [9.17, 15) is 0 Å². The predicted molar refractivity (Wildman–Crippen MR) is 99.1 cm³/mol. The SMILES string of the molecule is Cc1cc(=S)n(CN2CCC(Oc3cnccn3)CC2)c(C(C)C)n1. The third-order valence-electron chi connectivity index (χ3n) is 4.39. The zero-order chi connectivity index (χ0) is 17.8. The van der Waals surface area contributed by atoms with Gasteiger partial charge < -0.3 is 9.30 Å². The summed E-state index contributed by atoms with van der Waals surface area (Å²) in [6, 6.07) is 1.98. The van der Waals surface area contributed by atoms with Crippen LogP contribution in [-0.4, -0.2) is 43.6 Å². The Hall–Kier alpha value is -1.86. The maximum atomic E-state index is 5.92. The molecule has 0 radical (unpaired) electrons. The van der Waals surface area contributed by atoms with Crippen LogP contribution >= 0.6 is 12.2 Å². The van der Waals surface area contributed by atoms with Crippen molar-refractivity contribution in [2.75, 3.05) is 13.1 Å². The summed E-state index contributed by atoms with van der Waals surface area (Å²) in [6.45, 7) is 9.05. The lowest BCUT2D eigenvalue weighted by Crippen LogP contribution is -2.40. The number of ether oxygens (including phenoxy) is 1. The molecule has 6 nitrogen and oxygen atoms in total. The van der Waals surface area contributed by atoms with Crippen LogP contribution in [0, 0.1) is 11.6 Å². The molecule has 3 rings (SSSR count). The molecule has 0 unspecified atom stereocenters. The second-order valence-corrected chi connectivity index (χ2v) is 7.22. The molecule has 0 aromatic carbocycles. The van der Waals surface area contributed by atoms with Gasteiger partial charge in [-0.3, -0.25) is 9.88 Å². The van der Waals surface area contributed by atoms with E-state index in [0.717, 1.165) is 48.8 Å². The Balaban J connectivity index is 1.62. The highest BCUT2D eigenvalue weighted by Crippen LogP contribution is 2.19. The van der Waals surface area contributed by atoms with E-state index in [1.54, 1.807) is 18.6 Å². The van der Waals surface area contributed by atoms with E-state index in [4.69, 9.17) is 21.9 Å². The molecule has 3 heterocycles. The van der Waals surface area contributed by atoms with E-state index in [1.807, 2.05) is 13.0 Å². The third-order valence-corrected chi connectivity index (χ3v) is 4.72. The standard InChI is InChI=1S/C18H25N5OS/c1-13(2)18-21-14(3)10-17(25)23(18)12-22-8-4-15(5-9-22)24-16-11-19-6-7-20-16/h6-7,10-11,13,15H,4-5,8-9,12H2,1-3H3. The van der Waals surface area contributed by atoms with Crippen LogP contribution in [0.15, 0.2) is 24.7 Å². The fraction of sp³-hybridized carbons (Fsp3) is 0.556. The number of hydrogen-bond donors (Lipinski definition) is 0. The average molecular weight is 359 g/mol. The molecule has 0 aliphatic carbocycles. The van der Waals surface area contributed by atoms with Gasteiger partial charge in [0.05, 0.1) is 12.9 Å². The number of aromatic nitrogens is 4. The summed E-state index contributed by atoms with van der Waals surface area (Å²) >= 11 is 5.58. The van der Waals surface area contributed by atoms with Gasteiger partial charge in [-0.1, -0.05) is 26.1 Å². The number of piperidine rings is 1. The largest absolute Gasteiger partial charge is 0.473 e. The van der Waals surface area contributed by atoms with Crippen LogP contribution in [-0.2, 0) is 6.67 Å². The van der Waals surface area contributed by atoms with Gasteiger partial charge in [-0.15, -0.1) is 0 Å². The van der Waals surface area contributed by atoms with Crippen molar-refractivity contribution in [3.05, 3.63) is 40.8 Å². The number of rotatable bonds is 5. The molecule has 1 aliphatic heterocycles. The third kappa shape index (κ3) is 4.61. The maximum Gasteiger partial charge on any atom is 0.232 e. The summed E-state index contributed by atoms with van der Waals surface area (Å²) < 4.78 is 8.93. The van der Waals surface area contributed by atoms with Crippen LogP contribution in [0.3, 0.4) is 0 Å². The molecule has 0 atom stereocenters. The zero-order valence-corrected chi connectivity index (χ0v) is 15.9. The first-order valence-electron chi connectivity index (χ1n) is 8.76. The molecule has 0 amide bonds. The molecule has 1 fully saturated rings. The maximum absolute atomic E-state index is 5.92. The van der Waals surface area contributed by atoms with Gasteiger partial charge in [-0.25, -0.2) is 9.97 Å². The van der Waals surface area contributed by atoms with Crippen molar-refractivity contribution in [1.29, 1.82) is 0 Å². The minimum Gasteiger partial charge on any atom is -0.473 e. The van der Waals surface area contributed by atoms with E-state index in [1.165, 1.54) is 0 Å². The molecular weight excluding hydrogens is 334 g/mol. The summed E-state index contributed by atoms with van der Waals surface area (Å²) in [5, 5.41) is 0. The molecule has 0 N–H and O–H groups in total. The van der Waals surface area contributed by atoms with Crippen molar-refractivity contribution in [1.82, 2.24) is 24.4 Å². The Bertz CT molecular complexity index is 754. The van der Waals surface area contributed by atoms with E-state index in [2.05, 4.69) is 33.3 Å². The lowest BCUT2D eigenvalue weighted by Gasteiger charge is -2.33. The smallest absolute Gasteiger partial charge is 0.232 e. The Kier molecular flexibility index (Phi) is 5.75. The Morgan fingerprint density at radius 3 is 2.68 bits per heavy atom. The Morgan fingerprint density at radius 1 is 1.28 bits per heavy atom. The minimum absolute atomic E-state index is 0.196. The molecule has 134 valence electrons. The van der Waals surface area contributed by atoms with E-state index < -0.39 is 0 Å². The lowest BCUT2D eigenvalue weighted by atomic mass is 10.1. The Morgan fingerprint density at radius 2 is 2.04 bits per heavy atom. The molecule has 2 aromatic heterocycles. The van der Waals surface area contributed by atoms with Gasteiger partial charge in [0.1, 0.15) is 16.6 Å². The van der Waals surface area contributed by atoms with E-state index >= 15 is 0 Å². The Labute approximate surface area is 153 Å². The number of hydrogen-bond acceptors (Lipinski definition) is 6. The summed E-state index contributed by atoms with van der Waals surface area (Å²) in [6.07, 6.45) is 7.12. The molecule has 1 saturated heterocycles. The van der Waals surface area contributed by atoms with Gasteiger partial charge in [0.2, 0.25) is 5.88 Å². The lowest BCUT2D eigenvalue weighted by molar-refractivity contribution is 0.0787. The molecule has 25 heavy (non-hydrogen) atoms. The molecule has 0 saturated carbocycles. The highest BCUT2D eigenvalue weighted by atomic mass is 32.1. The normalized spacial score (nSPS) is 16.3. The van der Waals surface area contributed by atoms with Gasteiger partial charge in [-0.2, -0.15) is 0 Å². The molecule has 0 bridgehead atoms. The minimum atomic E-state index is 0.196. The van der Waals surface area contributed by atoms with Crippen molar-refractivity contribution < 1.29 is 4.74 Å². The molecular formula is C18H25N5OS. The van der Waals surface area contributed by atoms with Gasteiger partial charge >= 0.3 is 0 Å². The molecule has 0 spiro atoms. The second-order valence-electron chi connectivity index (χ2n) is 6.80. The zero-order valence-electron chi connectivity index (χ0n) is 15.1. The van der Waals surface area contributed by atoms with Gasteiger partial charge in [0.15, 0.2) is 0 Å². The van der Waals surface area contributed by atoms with Crippen molar-refractivity contribution in [2.45, 2.75) is 52.3 Å². The summed E-state index contributed by atoms with van der Waals surface area (Å²) in [5.74, 6) is 2.01. The highest BCUT2D eigenvalue weighted by molar-refractivity contribution is 7.71. The fourth-order valence-electron chi connectivity index (χ4n) is 3.11. The van der Waals surface area contributed by atoms with Crippen LogP contribution in [0.2, 0.25) is 0 Å². The molecule has 2 aromatic rings. The van der Waals surface area contributed by atoms with Crippen molar-refractivity contribution >= 4 is 12.2 Å². The van der Waals surface area contributed by atoms with Crippen molar-refractivity contribution in [3.8, 4) is 5.88 Å². The predicted octanol–water partition coefficient (Wildman–Crippen LogP) is 3.34. The number of nitrogens with zero attached hydrogens (tertiary/aromatic N) is 5.